The van der Waals surface area contributed by atoms with Gasteiger partial charge >= 0.3 is 0 Å². The van der Waals surface area contributed by atoms with Crippen LogP contribution < -0.4 is 14.8 Å². The Morgan fingerprint density at radius 2 is 1.96 bits per heavy atom. The highest BCUT2D eigenvalue weighted by atomic mass is 35.5. The average molecular weight is 387 g/mol. The fraction of sp³-hybridized carbons (Fsp3) is 0.286. The zero-order chi connectivity index (χ0) is 19.2. The van der Waals surface area contributed by atoms with Gasteiger partial charge < -0.3 is 19.7 Å². The Kier molecular flexibility index (Phi) is 6.37. The number of rotatable bonds is 6. The van der Waals surface area contributed by atoms with Crippen molar-refractivity contribution in [3.05, 3.63) is 64.7 Å². The number of halogens is 1. The third-order valence-electron chi connectivity index (χ3n) is 4.11. The van der Waals surface area contributed by atoms with Crippen LogP contribution in [0.5, 0.6) is 11.5 Å². The van der Waals surface area contributed by atoms with Crippen LogP contribution in [0.15, 0.2) is 48.5 Å². The normalized spacial score (nSPS) is 14.4. The number of fused-ring (bicyclic) bond motifs is 1. The molecule has 0 saturated carbocycles. The average Bonchev–Trinajstić information content (AvgIpc) is 2.66. The van der Waals surface area contributed by atoms with Crippen molar-refractivity contribution in [2.75, 3.05) is 33.9 Å². The smallest absolute Gasteiger partial charge is 0.244 e. The van der Waals surface area contributed by atoms with E-state index in [0.29, 0.717) is 36.3 Å². The Bertz CT molecular complexity index is 822. The van der Waals surface area contributed by atoms with Gasteiger partial charge in [0.15, 0.2) is 11.5 Å². The van der Waals surface area contributed by atoms with Crippen LogP contribution in [0.1, 0.15) is 17.2 Å². The third-order valence-corrected chi connectivity index (χ3v) is 4.39. The molecule has 0 radical (unpaired) electrons. The van der Waals surface area contributed by atoms with Gasteiger partial charge in [-0.15, -0.1) is 0 Å². The first-order chi connectivity index (χ1) is 13.0. The molecule has 1 atom stereocenters. The molecule has 0 aliphatic carbocycles. The number of ether oxygens (including phenoxy) is 2. The van der Waals surface area contributed by atoms with Crippen molar-refractivity contribution in [1.82, 2.24) is 10.2 Å². The van der Waals surface area contributed by atoms with Crippen molar-refractivity contribution in [2.24, 2.45) is 0 Å². The molecule has 1 heterocycles. The van der Waals surface area contributed by atoms with E-state index in [-0.39, 0.29) is 11.9 Å². The summed E-state index contributed by atoms with van der Waals surface area (Å²) in [5, 5.41) is 3.53. The molecule has 0 unspecified atom stereocenters. The zero-order valence-electron chi connectivity index (χ0n) is 15.4. The maximum atomic E-state index is 12.4. The van der Waals surface area contributed by atoms with Crippen LogP contribution in [-0.2, 0) is 4.79 Å². The lowest BCUT2D eigenvalue weighted by Crippen LogP contribution is -2.34. The molecule has 142 valence electrons. The van der Waals surface area contributed by atoms with E-state index in [0.717, 1.165) is 11.1 Å². The second-order valence-electron chi connectivity index (χ2n) is 6.59. The van der Waals surface area contributed by atoms with Gasteiger partial charge in [-0.3, -0.25) is 4.79 Å². The number of carbonyl (C=O) groups is 1. The van der Waals surface area contributed by atoms with E-state index >= 15 is 0 Å². The second-order valence-corrected chi connectivity index (χ2v) is 7.00. The molecule has 0 aromatic heterocycles. The minimum absolute atomic E-state index is 0.0952. The largest absolute Gasteiger partial charge is 0.486 e. The molecule has 2 aromatic carbocycles. The fourth-order valence-electron chi connectivity index (χ4n) is 2.90. The molecule has 1 aliphatic heterocycles. The topological polar surface area (TPSA) is 50.8 Å². The predicted molar refractivity (Wildman–Crippen MR) is 107 cm³/mol. The Hall–Kier alpha value is -2.50. The molecular weight excluding hydrogens is 364 g/mol. The minimum atomic E-state index is -0.170. The molecule has 0 fully saturated rings. The van der Waals surface area contributed by atoms with Gasteiger partial charge in [0.25, 0.3) is 0 Å². The predicted octanol–water partition coefficient (Wildman–Crippen LogP) is 3.54. The highest BCUT2D eigenvalue weighted by molar-refractivity contribution is 6.32. The molecular formula is C21H23ClN2O3. The molecule has 27 heavy (non-hydrogen) atoms. The van der Waals surface area contributed by atoms with Crippen LogP contribution in [0.25, 0.3) is 6.08 Å². The highest BCUT2D eigenvalue weighted by Crippen LogP contribution is 2.38. The first kappa shape index (κ1) is 19.3. The summed E-state index contributed by atoms with van der Waals surface area (Å²) in [6.07, 6.45) is 3.23. The van der Waals surface area contributed by atoms with Crippen LogP contribution in [0.4, 0.5) is 0 Å². The molecule has 1 aliphatic rings. The second kappa shape index (κ2) is 8.93. The van der Waals surface area contributed by atoms with Crippen LogP contribution >= 0.6 is 11.6 Å². The first-order valence-electron chi connectivity index (χ1n) is 8.80. The standard InChI is InChI=1S/C21H23ClN2O3/c1-24(2)14-18(16-6-4-3-5-7-16)23-20(25)9-8-15-12-17(22)21-19(13-15)26-10-11-27-21/h3-9,12-13,18H,10-11,14H2,1-2H3,(H,23,25)/b9-8+/t18-/m0/s1. The van der Waals surface area contributed by atoms with E-state index < -0.39 is 0 Å². The van der Waals surface area contributed by atoms with Crippen LogP contribution in [-0.4, -0.2) is 44.7 Å². The number of amides is 1. The number of benzene rings is 2. The number of hydrogen-bond donors (Lipinski definition) is 1. The molecule has 1 N–H and O–H groups in total. The van der Waals surface area contributed by atoms with Gasteiger partial charge in [-0.2, -0.15) is 0 Å². The zero-order valence-corrected chi connectivity index (χ0v) is 16.2. The minimum Gasteiger partial charge on any atom is -0.486 e. The van der Waals surface area contributed by atoms with Crippen LogP contribution in [0, 0.1) is 0 Å². The van der Waals surface area contributed by atoms with Crippen molar-refractivity contribution in [3.8, 4) is 11.5 Å². The van der Waals surface area contributed by atoms with Crippen LogP contribution in [0.3, 0.4) is 0 Å². The molecule has 1 amide bonds. The van der Waals surface area contributed by atoms with Crippen molar-refractivity contribution in [3.63, 3.8) is 0 Å². The van der Waals surface area contributed by atoms with Gasteiger partial charge in [0.2, 0.25) is 5.91 Å². The number of hydrogen-bond acceptors (Lipinski definition) is 4. The van der Waals surface area contributed by atoms with E-state index in [9.17, 15) is 4.79 Å². The fourth-order valence-corrected chi connectivity index (χ4v) is 3.18. The Labute approximate surface area is 164 Å². The third kappa shape index (κ3) is 5.25. The molecule has 5 nitrogen and oxygen atoms in total. The summed E-state index contributed by atoms with van der Waals surface area (Å²) in [6, 6.07) is 13.4. The summed E-state index contributed by atoms with van der Waals surface area (Å²) < 4.78 is 11.1. The highest BCUT2D eigenvalue weighted by Gasteiger charge is 2.17. The summed E-state index contributed by atoms with van der Waals surface area (Å²) in [4.78, 5) is 14.5. The Morgan fingerprint density at radius 3 is 2.70 bits per heavy atom. The Morgan fingerprint density at radius 1 is 1.22 bits per heavy atom. The van der Waals surface area contributed by atoms with Crippen molar-refractivity contribution in [1.29, 1.82) is 0 Å². The summed E-state index contributed by atoms with van der Waals surface area (Å²) in [5.41, 5.74) is 1.85. The van der Waals surface area contributed by atoms with Gasteiger partial charge in [0.05, 0.1) is 11.1 Å². The van der Waals surface area contributed by atoms with Crippen molar-refractivity contribution >= 4 is 23.6 Å². The number of nitrogens with one attached hydrogen (secondary N) is 1. The SMILES string of the molecule is CN(C)C[C@H](NC(=O)/C=C/c1cc(Cl)c2c(c1)OCCO2)c1ccccc1. The van der Waals surface area contributed by atoms with Crippen LogP contribution in [0.2, 0.25) is 5.02 Å². The summed E-state index contributed by atoms with van der Waals surface area (Å²) in [5.74, 6) is 0.986. The lowest BCUT2D eigenvalue weighted by molar-refractivity contribution is -0.117. The van der Waals surface area contributed by atoms with E-state index in [1.807, 2.05) is 55.4 Å². The molecule has 0 saturated heterocycles. The molecule has 3 rings (SSSR count). The summed E-state index contributed by atoms with van der Waals surface area (Å²) >= 11 is 6.24. The molecule has 2 aromatic rings. The van der Waals surface area contributed by atoms with E-state index in [4.69, 9.17) is 21.1 Å². The molecule has 0 spiro atoms. The number of nitrogens with zero attached hydrogens (tertiary/aromatic N) is 1. The maximum Gasteiger partial charge on any atom is 0.244 e. The lowest BCUT2D eigenvalue weighted by Gasteiger charge is -2.22. The lowest BCUT2D eigenvalue weighted by atomic mass is 10.1. The quantitative estimate of drug-likeness (QED) is 0.771. The van der Waals surface area contributed by atoms with Gasteiger partial charge in [-0.05, 0) is 43.4 Å². The van der Waals surface area contributed by atoms with Gasteiger partial charge in [-0.1, -0.05) is 41.9 Å². The van der Waals surface area contributed by atoms with E-state index in [2.05, 4.69) is 5.32 Å². The summed E-state index contributed by atoms with van der Waals surface area (Å²) in [7, 11) is 3.96. The van der Waals surface area contributed by atoms with E-state index in [1.165, 1.54) is 6.08 Å². The number of likely N-dealkylation sites (N-methyl/N-ethyl adjacent to an activating group) is 1. The van der Waals surface area contributed by atoms with Gasteiger partial charge in [0, 0.05) is 12.6 Å². The molecule has 0 bridgehead atoms. The monoisotopic (exact) mass is 386 g/mol. The summed E-state index contributed by atoms with van der Waals surface area (Å²) in [6.45, 7) is 1.68. The number of carbonyl (C=O) groups excluding carboxylic acids is 1. The van der Waals surface area contributed by atoms with Crippen molar-refractivity contribution < 1.29 is 14.3 Å². The van der Waals surface area contributed by atoms with Crippen molar-refractivity contribution in [2.45, 2.75) is 6.04 Å². The molecule has 6 heteroatoms. The van der Waals surface area contributed by atoms with E-state index in [1.54, 1.807) is 12.1 Å². The first-order valence-corrected chi connectivity index (χ1v) is 9.18. The van der Waals surface area contributed by atoms with Gasteiger partial charge in [0.1, 0.15) is 13.2 Å². The Balaban J connectivity index is 1.71. The van der Waals surface area contributed by atoms with Gasteiger partial charge in [-0.25, -0.2) is 0 Å². The maximum absolute atomic E-state index is 12.4.